The van der Waals surface area contributed by atoms with Gasteiger partial charge in [0.25, 0.3) is 5.56 Å². The van der Waals surface area contributed by atoms with E-state index in [0.29, 0.717) is 11.0 Å². The van der Waals surface area contributed by atoms with Crippen molar-refractivity contribution in [2.24, 2.45) is 0 Å². The van der Waals surface area contributed by atoms with Crippen molar-refractivity contribution < 1.29 is 0 Å². The van der Waals surface area contributed by atoms with Crippen molar-refractivity contribution in [2.75, 3.05) is 5.73 Å². The molecule has 0 fully saturated rings. The van der Waals surface area contributed by atoms with Gasteiger partial charge in [-0.15, -0.1) is 0 Å². The highest BCUT2D eigenvalue weighted by atomic mass is 16.1. The molecule has 4 N–H and O–H groups in total. The standard InChI is InChI=1S/C9H12N4O/c1-3-5-4(2)11-7-6(5)12-9(10)13-8(7)14/h11H,3H2,1-2H3,(H3,10,12,13,14). The summed E-state index contributed by atoms with van der Waals surface area (Å²) in [6, 6.07) is 0. The van der Waals surface area contributed by atoms with Crippen molar-refractivity contribution in [3.63, 3.8) is 0 Å². The lowest BCUT2D eigenvalue weighted by Crippen LogP contribution is -2.11. The summed E-state index contributed by atoms with van der Waals surface area (Å²) in [6.07, 6.45) is 0.835. The summed E-state index contributed by atoms with van der Waals surface area (Å²) < 4.78 is 0. The molecule has 0 aliphatic carbocycles. The van der Waals surface area contributed by atoms with Crippen LogP contribution in [0.1, 0.15) is 18.2 Å². The topological polar surface area (TPSA) is 87.6 Å². The van der Waals surface area contributed by atoms with Gasteiger partial charge in [-0.25, -0.2) is 4.98 Å². The number of aromatic nitrogens is 3. The highest BCUT2D eigenvalue weighted by Crippen LogP contribution is 2.17. The van der Waals surface area contributed by atoms with E-state index >= 15 is 0 Å². The Balaban J connectivity index is 2.95. The lowest BCUT2D eigenvalue weighted by molar-refractivity contribution is 1.10. The van der Waals surface area contributed by atoms with Crippen LogP contribution in [0.25, 0.3) is 11.0 Å². The van der Waals surface area contributed by atoms with Gasteiger partial charge in [0, 0.05) is 5.69 Å². The Morgan fingerprint density at radius 3 is 2.79 bits per heavy atom. The Bertz CT molecular complexity index is 537. The molecule has 0 aromatic carbocycles. The van der Waals surface area contributed by atoms with Gasteiger partial charge in [-0.2, -0.15) is 0 Å². The van der Waals surface area contributed by atoms with Crippen LogP contribution in [-0.2, 0) is 6.42 Å². The highest BCUT2D eigenvalue weighted by Gasteiger charge is 2.11. The van der Waals surface area contributed by atoms with Crippen LogP contribution < -0.4 is 11.3 Å². The summed E-state index contributed by atoms with van der Waals surface area (Å²) in [6.45, 7) is 3.95. The van der Waals surface area contributed by atoms with Gasteiger partial charge < -0.3 is 10.7 Å². The van der Waals surface area contributed by atoms with Gasteiger partial charge in [0.1, 0.15) is 11.0 Å². The lowest BCUT2D eigenvalue weighted by atomic mass is 10.2. The first-order chi connectivity index (χ1) is 6.63. The Morgan fingerprint density at radius 1 is 1.43 bits per heavy atom. The van der Waals surface area contributed by atoms with E-state index in [2.05, 4.69) is 15.0 Å². The molecule has 0 spiro atoms. The minimum atomic E-state index is -0.213. The molecule has 0 aliphatic heterocycles. The maximum Gasteiger partial charge on any atom is 0.276 e. The first kappa shape index (κ1) is 8.80. The third-order valence-corrected chi connectivity index (χ3v) is 2.34. The molecule has 5 nitrogen and oxygen atoms in total. The SMILES string of the molecule is CCc1c(C)[nH]c2c(=O)[nH]c(N)nc12. The van der Waals surface area contributed by atoms with E-state index in [1.54, 1.807) is 0 Å². The number of hydrogen-bond donors (Lipinski definition) is 3. The fourth-order valence-corrected chi connectivity index (χ4v) is 1.70. The second-order valence-electron chi connectivity index (χ2n) is 3.26. The summed E-state index contributed by atoms with van der Waals surface area (Å²) in [5.74, 6) is 0.163. The van der Waals surface area contributed by atoms with Gasteiger partial charge in [-0.1, -0.05) is 6.92 Å². The van der Waals surface area contributed by atoms with Gasteiger partial charge in [0.2, 0.25) is 5.95 Å². The molecule has 2 rings (SSSR count). The van der Waals surface area contributed by atoms with Gasteiger partial charge in [-0.05, 0) is 18.9 Å². The fourth-order valence-electron chi connectivity index (χ4n) is 1.70. The smallest absolute Gasteiger partial charge is 0.276 e. The molecule has 2 heterocycles. The third kappa shape index (κ3) is 1.09. The molecular formula is C9H12N4O. The third-order valence-electron chi connectivity index (χ3n) is 2.34. The fraction of sp³-hybridized carbons (Fsp3) is 0.333. The average Bonchev–Trinajstić information content (AvgIpc) is 2.41. The number of rotatable bonds is 1. The summed E-state index contributed by atoms with van der Waals surface area (Å²) in [7, 11) is 0. The number of nitrogens with one attached hydrogen (secondary N) is 2. The molecule has 0 unspecified atom stereocenters. The Morgan fingerprint density at radius 2 is 2.14 bits per heavy atom. The minimum Gasteiger partial charge on any atom is -0.369 e. The van der Waals surface area contributed by atoms with Gasteiger partial charge in [-0.3, -0.25) is 9.78 Å². The molecule has 0 atom stereocenters. The number of anilines is 1. The first-order valence-electron chi connectivity index (χ1n) is 4.50. The normalized spacial score (nSPS) is 11.0. The second kappa shape index (κ2) is 2.87. The van der Waals surface area contributed by atoms with E-state index in [1.165, 1.54) is 0 Å². The van der Waals surface area contributed by atoms with Crippen molar-refractivity contribution >= 4 is 17.0 Å². The zero-order valence-corrected chi connectivity index (χ0v) is 8.14. The monoisotopic (exact) mass is 192 g/mol. The van der Waals surface area contributed by atoms with Crippen LogP contribution in [0, 0.1) is 6.92 Å². The number of H-pyrrole nitrogens is 2. The molecule has 5 heteroatoms. The van der Waals surface area contributed by atoms with Crippen molar-refractivity contribution in [3.05, 3.63) is 21.6 Å². The predicted octanol–water partition coefficient (Wildman–Crippen LogP) is 0.704. The molecule has 0 radical (unpaired) electrons. The van der Waals surface area contributed by atoms with Crippen molar-refractivity contribution in [3.8, 4) is 0 Å². The molecule has 0 bridgehead atoms. The quantitative estimate of drug-likeness (QED) is 0.621. The van der Waals surface area contributed by atoms with E-state index in [-0.39, 0.29) is 11.5 Å². The van der Waals surface area contributed by atoms with Gasteiger partial charge >= 0.3 is 0 Å². The van der Waals surface area contributed by atoms with E-state index in [0.717, 1.165) is 17.7 Å². The van der Waals surface area contributed by atoms with Crippen molar-refractivity contribution in [2.45, 2.75) is 20.3 Å². The van der Waals surface area contributed by atoms with E-state index in [9.17, 15) is 4.79 Å². The predicted molar refractivity (Wildman–Crippen MR) is 55.2 cm³/mol. The minimum absolute atomic E-state index is 0.163. The Hall–Kier alpha value is -1.78. The van der Waals surface area contributed by atoms with E-state index in [1.807, 2.05) is 13.8 Å². The lowest BCUT2D eigenvalue weighted by Gasteiger charge is -1.95. The molecule has 2 aromatic heterocycles. The number of nitrogens with two attached hydrogens (primary N) is 1. The number of aryl methyl sites for hydroxylation is 2. The van der Waals surface area contributed by atoms with Gasteiger partial charge in [0.15, 0.2) is 0 Å². The molecule has 74 valence electrons. The van der Waals surface area contributed by atoms with Crippen LogP contribution in [0.2, 0.25) is 0 Å². The molecule has 14 heavy (non-hydrogen) atoms. The molecular weight excluding hydrogens is 180 g/mol. The molecule has 0 saturated carbocycles. The average molecular weight is 192 g/mol. The first-order valence-corrected chi connectivity index (χ1v) is 4.50. The van der Waals surface area contributed by atoms with Crippen molar-refractivity contribution in [1.29, 1.82) is 0 Å². The zero-order valence-electron chi connectivity index (χ0n) is 8.14. The van der Waals surface area contributed by atoms with Crippen LogP contribution in [0.5, 0.6) is 0 Å². The number of hydrogen-bond acceptors (Lipinski definition) is 3. The maximum atomic E-state index is 11.5. The molecule has 2 aromatic rings. The maximum absolute atomic E-state index is 11.5. The van der Waals surface area contributed by atoms with Crippen LogP contribution in [0.4, 0.5) is 5.95 Å². The number of fused-ring (bicyclic) bond motifs is 1. The van der Waals surface area contributed by atoms with Crippen LogP contribution in [0.3, 0.4) is 0 Å². The summed E-state index contributed by atoms with van der Waals surface area (Å²) in [5, 5.41) is 0. The molecule has 0 saturated heterocycles. The summed E-state index contributed by atoms with van der Waals surface area (Å²) in [4.78, 5) is 21.1. The highest BCUT2D eigenvalue weighted by molar-refractivity contribution is 5.80. The van der Waals surface area contributed by atoms with Gasteiger partial charge in [0.05, 0.1) is 0 Å². The Kier molecular flexibility index (Phi) is 1.80. The number of nitrogens with zero attached hydrogens (tertiary/aromatic N) is 1. The van der Waals surface area contributed by atoms with Crippen LogP contribution in [0.15, 0.2) is 4.79 Å². The van der Waals surface area contributed by atoms with E-state index in [4.69, 9.17) is 5.73 Å². The number of aromatic amines is 2. The van der Waals surface area contributed by atoms with Crippen LogP contribution >= 0.6 is 0 Å². The van der Waals surface area contributed by atoms with Crippen molar-refractivity contribution in [1.82, 2.24) is 15.0 Å². The van der Waals surface area contributed by atoms with E-state index < -0.39 is 0 Å². The van der Waals surface area contributed by atoms with Crippen LogP contribution in [-0.4, -0.2) is 15.0 Å². The largest absolute Gasteiger partial charge is 0.369 e. The second-order valence-corrected chi connectivity index (χ2v) is 3.26. The number of nitrogen functional groups attached to an aromatic ring is 1. The zero-order chi connectivity index (χ0) is 10.3. The molecule has 0 aliphatic rings. The Labute approximate surface area is 80.4 Å². The summed E-state index contributed by atoms with van der Waals surface area (Å²) in [5.41, 5.74) is 8.49. The molecule has 0 amide bonds. The summed E-state index contributed by atoms with van der Waals surface area (Å²) >= 11 is 0.